The van der Waals surface area contributed by atoms with Gasteiger partial charge < -0.3 is 14.7 Å². The van der Waals surface area contributed by atoms with Crippen molar-refractivity contribution in [3.05, 3.63) is 58.4 Å². The Morgan fingerprint density at radius 2 is 2.26 bits per heavy atom. The molecule has 2 aromatic rings. The largest absolute Gasteiger partial charge is 0.468 e. The van der Waals surface area contributed by atoms with E-state index in [0.717, 1.165) is 17.3 Å². The van der Waals surface area contributed by atoms with Gasteiger partial charge in [0.15, 0.2) is 0 Å². The fourth-order valence-electron chi connectivity index (χ4n) is 1.50. The SMILES string of the molecule is O=C(NCCSCc1ccco1)c1ccc[nH]c1=O. The molecule has 5 nitrogen and oxygen atoms in total. The molecule has 0 spiro atoms. The average molecular weight is 278 g/mol. The zero-order valence-electron chi connectivity index (χ0n) is 10.2. The van der Waals surface area contributed by atoms with E-state index in [4.69, 9.17) is 4.42 Å². The topological polar surface area (TPSA) is 75.1 Å². The first-order valence-corrected chi connectivity index (χ1v) is 6.99. The number of furan rings is 1. The van der Waals surface area contributed by atoms with Gasteiger partial charge >= 0.3 is 0 Å². The van der Waals surface area contributed by atoms with Crippen LogP contribution in [-0.2, 0) is 5.75 Å². The summed E-state index contributed by atoms with van der Waals surface area (Å²) in [4.78, 5) is 25.5. The second kappa shape index (κ2) is 6.84. The van der Waals surface area contributed by atoms with E-state index < -0.39 is 0 Å². The Morgan fingerprint density at radius 3 is 3.00 bits per heavy atom. The van der Waals surface area contributed by atoms with Crippen LogP contribution in [0.25, 0.3) is 0 Å². The number of H-pyrrole nitrogens is 1. The number of pyridine rings is 1. The van der Waals surface area contributed by atoms with Crippen LogP contribution in [0, 0.1) is 0 Å². The Balaban J connectivity index is 1.70. The molecule has 0 fully saturated rings. The fraction of sp³-hybridized carbons (Fsp3) is 0.231. The number of aromatic amines is 1. The molecule has 0 radical (unpaired) electrons. The van der Waals surface area contributed by atoms with Gasteiger partial charge in [0.1, 0.15) is 11.3 Å². The standard InChI is InChI=1S/C13H14N2O3S/c16-12-11(4-1-5-14-12)13(17)15-6-8-19-9-10-3-2-7-18-10/h1-5,7H,6,8-9H2,(H,14,16)(H,15,17). The molecule has 2 N–H and O–H groups in total. The number of nitrogens with one attached hydrogen (secondary N) is 2. The number of amides is 1. The molecule has 0 aromatic carbocycles. The molecular weight excluding hydrogens is 264 g/mol. The number of hydrogen-bond donors (Lipinski definition) is 2. The molecule has 0 atom stereocenters. The van der Waals surface area contributed by atoms with Crippen molar-refractivity contribution < 1.29 is 9.21 Å². The average Bonchev–Trinajstić information content (AvgIpc) is 2.92. The maximum atomic E-state index is 11.7. The predicted molar refractivity (Wildman–Crippen MR) is 74.3 cm³/mol. The van der Waals surface area contributed by atoms with Gasteiger partial charge in [0, 0.05) is 18.5 Å². The number of carbonyl (C=O) groups is 1. The maximum Gasteiger partial charge on any atom is 0.260 e. The summed E-state index contributed by atoms with van der Waals surface area (Å²) >= 11 is 1.66. The van der Waals surface area contributed by atoms with E-state index in [2.05, 4.69) is 10.3 Å². The third-order valence-corrected chi connectivity index (χ3v) is 3.40. The number of thioether (sulfide) groups is 1. The molecule has 0 aliphatic heterocycles. The van der Waals surface area contributed by atoms with Crippen LogP contribution in [0.2, 0.25) is 0 Å². The lowest BCUT2D eigenvalue weighted by atomic mass is 10.2. The van der Waals surface area contributed by atoms with Crippen LogP contribution in [0.1, 0.15) is 16.1 Å². The molecule has 1 amide bonds. The van der Waals surface area contributed by atoms with Crippen molar-refractivity contribution in [3.63, 3.8) is 0 Å². The van der Waals surface area contributed by atoms with Gasteiger partial charge in [-0.25, -0.2) is 0 Å². The summed E-state index contributed by atoms with van der Waals surface area (Å²) in [6.07, 6.45) is 3.14. The van der Waals surface area contributed by atoms with E-state index in [1.807, 2.05) is 12.1 Å². The van der Waals surface area contributed by atoms with Crippen LogP contribution in [-0.4, -0.2) is 23.2 Å². The minimum Gasteiger partial charge on any atom is -0.468 e. The van der Waals surface area contributed by atoms with Gasteiger partial charge in [-0.1, -0.05) is 0 Å². The zero-order chi connectivity index (χ0) is 13.5. The van der Waals surface area contributed by atoms with E-state index in [9.17, 15) is 9.59 Å². The number of rotatable bonds is 6. The Morgan fingerprint density at radius 1 is 1.37 bits per heavy atom. The van der Waals surface area contributed by atoms with Crippen molar-refractivity contribution >= 4 is 17.7 Å². The van der Waals surface area contributed by atoms with Crippen LogP contribution in [0.15, 0.2) is 45.9 Å². The van der Waals surface area contributed by atoms with E-state index in [1.54, 1.807) is 24.1 Å². The normalized spacial score (nSPS) is 10.3. The van der Waals surface area contributed by atoms with Crippen LogP contribution < -0.4 is 10.9 Å². The third-order valence-electron chi connectivity index (χ3n) is 2.42. The van der Waals surface area contributed by atoms with Gasteiger partial charge in [-0.05, 0) is 24.3 Å². The second-order valence-electron chi connectivity index (χ2n) is 3.80. The summed E-state index contributed by atoms with van der Waals surface area (Å²) in [6, 6.07) is 6.89. The summed E-state index contributed by atoms with van der Waals surface area (Å²) in [6.45, 7) is 0.512. The second-order valence-corrected chi connectivity index (χ2v) is 4.91. The molecule has 0 saturated heterocycles. The van der Waals surface area contributed by atoms with Crippen molar-refractivity contribution in [3.8, 4) is 0 Å². The molecule has 0 aliphatic rings. The van der Waals surface area contributed by atoms with Gasteiger partial charge in [-0.15, -0.1) is 0 Å². The predicted octanol–water partition coefficient (Wildman–Crippen LogP) is 1.63. The highest BCUT2D eigenvalue weighted by molar-refractivity contribution is 7.98. The van der Waals surface area contributed by atoms with Crippen LogP contribution in [0.3, 0.4) is 0 Å². The van der Waals surface area contributed by atoms with Crippen LogP contribution >= 0.6 is 11.8 Å². The monoisotopic (exact) mass is 278 g/mol. The lowest BCUT2D eigenvalue weighted by Crippen LogP contribution is -2.30. The van der Waals surface area contributed by atoms with Crippen molar-refractivity contribution in [2.45, 2.75) is 5.75 Å². The van der Waals surface area contributed by atoms with Crippen molar-refractivity contribution in [2.75, 3.05) is 12.3 Å². The quantitative estimate of drug-likeness (QED) is 0.788. The van der Waals surface area contributed by atoms with Gasteiger partial charge in [0.05, 0.1) is 12.0 Å². The number of hydrogen-bond acceptors (Lipinski definition) is 4. The maximum absolute atomic E-state index is 11.7. The van der Waals surface area contributed by atoms with E-state index in [-0.39, 0.29) is 17.0 Å². The Labute approximate surface area is 114 Å². The smallest absolute Gasteiger partial charge is 0.260 e. The first-order valence-electron chi connectivity index (χ1n) is 5.83. The summed E-state index contributed by atoms with van der Waals surface area (Å²) in [5.41, 5.74) is -0.234. The molecule has 0 bridgehead atoms. The molecule has 100 valence electrons. The molecule has 0 aliphatic carbocycles. The molecule has 0 unspecified atom stereocenters. The van der Waals surface area contributed by atoms with Crippen LogP contribution in [0.4, 0.5) is 0 Å². The van der Waals surface area contributed by atoms with E-state index >= 15 is 0 Å². The number of carbonyl (C=O) groups excluding carboxylic acids is 1. The molecule has 6 heteroatoms. The van der Waals surface area contributed by atoms with Crippen molar-refractivity contribution in [1.29, 1.82) is 0 Å². The fourth-order valence-corrected chi connectivity index (χ4v) is 2.26. The number of aromatic nitrogens is 1. The van der Waals surface area contributed by atoms with E-state index in [1.165, 1.54) is 12.3 Å². The lowest BCUT2D eigenvalue weighted by molar-refractivity contribution is 0.0954. The molecule has 2 rings (SSSR count). The Kier molecular flexibility index (Phi) is 4.85. The minimum atomic E-state index is -0.372. The minimum absolute atomic E-state index is 0.138. The van der Waals surface area contributed by atoms with Gasteiger partial charge in [0.25, 0.3) is 11.5 Å². The molecule has 0 saturated carbocycles. The molecular formula is C13H14N2O3S. The molecule has 19 heavy (non-hydrogen) atoms. The summed E-state index contributed by atoms with van der Waals surface area (Å²) in [5, 5.41) is 2.71. The third kappa shape index (κ3) is 4.03. The van der Waals surface area contributed by atoms with Gasteiger partial charge in [-0.3, -0.25) is 9.59 Å². The zero-order valence-corrected chi connectivity index (χ0v) is 11.0. The highest BCUT2D eigenvalue weighted by atomic mass is 32.2. The highest BCUT2D eigenvalue weighted by Crippen LogP contribution is 2.11. The van der Waals surface area contributed by atoms with Crippen molar-refractivity contribution in [1.82, 2.24) is 10.3 Å². The molecule has 2 aromatic heterocycles. The first kappa shape index (κ1) is 13.5. The lowest BCUT2D eigenvalue weighted by Gasteiger charge is -2.03. The molecule has 2 heterocycles. The Bertz CT molecular complexity index is 578. The first-order chi connectivity index (χ1) is 9.27. The summed E-state index contributed by atoms with van der Waals surface area (Å²) < 4.78 is 5.19. The van der Waals surface area contributed by atoms with Crippen LogP contribution in [0.5, 0.6) is 0 Å². The summed E-state index contributed by atoms with van der Waals surface area (Å²) in [7, 11) is 0. The van der Waals surface area contributed by atoms with Crippen molar-refractivity contribution in [2.24, 2.45) is 0 Å². The van der Waals surface area contributed by atoms with E-state index in [0.29, 0.717) is 6.54 Å². The van der Waals surface area contributed by atoms with Gasteiger partial charge in [0.2, 0.25) is 0 Å². The highest BCUT2D eigenvalue weighted by Gasteiger charge is 2.08. The summed E-state index contributed by atoms with van der Waals surface area (Å²) in [5.74, 6) is 2.10. The Hall–Kier alpha value is -1.95. The van der Waals surface area contributed by atoms with Gasteiger partial charge in [-0.2, -0.15) is 11.8 Å².